The van der Waals surface area contributed by atoms with E-state index in [1.807, 2.05) is 6.07 Å². The molecule has 0 radical (unpaired) electrons. The van der Waals surface area contributed by atoms with E-state index in [4.69, 9.17) is 18.9 Å². The van der Waals surface area contributed by atoms with E-state index < -0.39 is 18.0 Å². The molecule has 0 fully saturated rings. The highest BCUT2D eigenvalue weighted by Crippen LogP contribution is 2.23. The zero-order valence-corrected chi connectivity index (χ0v) is 14.7. The Morgan fingerprint density at radius 1 is 1.04 bits per heavy atom. The zero-order valence-electron chi connectivity index (χ0n) is 14.7. The summed E-state index contributed by atoms with van der Waals surface area (Å²) < 4.78 is 20.8. The molecule has 0 saturated heterocycles. The van der Waals surface area contributed by atoms with Gasteiger partial charge >= 0.3 is 5.97 Å². The molecule has 27 heavy (non-hydrogen) atoms. The van der Waals surface area contributed by atoms with Gasteiger partial charge in [-0.25, -0.2) is 4.79 Å². The summed E-state index contributed by atoms with van der Waals surface area (Å²) in [5, 5.41) is 2.74. The fraction of sp³-hybridized carbons (Fsp3) is 0.200. The Morgan fingerprint density at radius 2 is 1.78 bits per heavy atom. The van der Waals surface area contributed by atoms with Crippen molar-refractivity contribution in [3.05, 3.63) is 72.2 Å². The van der Waals surface area contributed by atoms with Crippen molar-refractivity contribution in [1.82, 2.24) is 0 Å². The molecule has 1 unspecified atom stereocenters. The normalized spacial score (nSPS) is 14.0. The van der Waals surface area contributed by atoms with Crippen molar-refractivity contribution in [2.45, 2.75) is 6.10 Å². The van der Waals surface area contributed by atoms with Gasteiger partial charge in [-0.1, -0.05) is 30.3 Å². The number of esters is 1. The topological polar surface area (TPSA) is 83.1 Å². The monoisotopic (exact) mass is 369 g/mol. The van der Waals surface area contributed by atoms with Gasteiger partial charge in [0.25, 0.3) is 5.91 Å². The van der Waals surface area contributed by atoms with Gasteiger partial charge < -0.3 is 24.3 Å². The Kier molecular flexibility index (Phi) is 5.94. The van der Waals surface area contributed by atoms with Crippen LogP contribution in [-0.2, 0) is 23.8 Å². The van der Waals surface area contributed by atoms with Crippen molar-refractivity contribution >= 4 is 17.6 Å². The molecule has 0 aliphatic carbocycles. The van der Waals surface area contributed by atoms with Crippen LogP contribution < -0.4 is 10.1 Å². The number of hydrogen-bond acceptors (Lipinski definition) is 6. The lowest BCUT2D eigenvalue weighted by Crippen LogP contribution is -2.27. The number of ether oxygens (including phenoxy) is 4. The Hall–Kier alpha value is -3.48. The molecule has 0 spiro atoms. The van der Waals surface area contributed by atoms with E-state index in [9.17, 15) is 9.59 Å². The van der Waals surface area contributed by atoms with Crippen molar-refractivity contribution in [2.24, 2.45) is 0 Å². The number of benzene rings is 2. The summed E-state index contributed by atoms with van der Waals surface area (Å²) in [4.78, 5) is 25.1. The molecule has 0 aromatic heterocycles. The van der Waals surface area contributed by atoms with E-state index in [1.165, 1.54) is 6.26 Å². The highest BCUT2D eigenvalue weighted by molar-refractivity contribution is 5.97. The van der Waals surface area contributed by atoms with Crippen LogP contribution in [0.4, 0.5) is 5.69 Å². The number of rotatable bonds is 6. The Labute approximate surface area is 156 Å². The third-order valence-electron chi connectivity index (χ3n) is 3.77. The predicted molar refractivity (Wildman–Crippen MR) is 96.9 cm³/mol. The van der Waals surface area contributed by atoms with Crippen molar-refractivity contribution in [1.29, 1.82) is 0 Å². The third kappa shape index (κ3) is 4.78. The Bertz CT molecular complexity index is 816. The highest BCUT2D eigenvalue weighted by atomic mass is 16.6. The molecule has 1 aliphatic heterocycles. The van der Waals surface area contributed by atoms with Gasteiger partial charge in [0.15, 0.2) is 0 Å². The molecule has 0 bridgehead atoms. The van der Waals surface area contributed by atoms with Crippen LogP contribution in [0, 0.1) is 0 Å². The minimum absolute atomic E-state index is 0.0700. The first-order valence-electron chi connectivity index (χ1n) is 8.33. The number of nitrogens with one attached hydrogen (secondary N) is 1. The largest absolute Gasteiger partial charge is 0.497 e. The fourth-order valence-corrected chi connectivity index (χ4v) is 2.42. The number of methoxy groups -OCH3 is 1. The maximum Gasteiger partial charge on any atom is 0.378 e. The van der Waals surface area contributed by atoms with E-state index in [2.05, 4.69) is 5.32 Å². The summed E-state index contributed by atoms with van der Waals surface area (Å²) in [6, 6.07) is 15.6. The van der Waals surface area contributed by atoms with E-state index in [-0.39, 0.29) is 12.4 Å². The van der Waals surface area contributed by atoms with E-state index in [0.717, 1.165) is 0 Å². The Balaban J connectivity index is 1.77. The van der Waals surface area contributed by atoms with Crippen LogP contribution in [0.3, 0.4) is 0 Å². The molecule has 1 heterocycles. The molecule has 1 atom stereocenters. The average molecular weight is 369 g/mol. The smallest absolute Gasteiger partial charge is 0.378 e. The molecular weight excluding hydrogens is 350 g/mol. The van der Waals surface area contributed by atoms with Gasteiger partial charge in [0, 0.05) is 11.3 Å². The molecule has 7 heteroatoms. The summed E-state index contributed by atoms with van der Waals surface area (Å²) in [5.74, 6) is -0.662. The van der Waals surface area contributed by atoms with Crippen molar-refractivity contribution in [3.8, 4) is 5.75 Å². The zero-order chi connectivity index (χ0) is 19.1. The molecule has 1 N–H and O–H groups in total. The second-order valence-corrected chi connectivity index (χ2v) is 5.62. The lowest BCUT2D eigenvalue weighted by molar-refractivity contribution is -0.155. The number of anilines is 1. The first kappa shape index (κ1) is 18.3. The number of hydrogen-bond donors (Lipinski definition) is 1. The third-order valence-corrected chi connectivity index (χ3v) is 3.77. The molecule has 2 aromatic carbocycles. The van der Waals surface area contributed by atoms with Gasteiger partial charge in [-0.05, 0) is 24.3 Å². The van der Waals surface area contributed by atoms with Gasteiger partial charge in [-0.2, -0.15) is 0 Å². The summed E-state index contributed by atoms with van der Waals surface area (Å²) in [5.41, 5.74) is 1.09. The summed E-state index contributed by atoms with van der Waals surface area (Å²) in [7, 11) is 1.56. The van der Waals surface area contributed by atoms with E-state index in [0.29, 0.717) is 23.6 Å². The molecule has 0 saturated carbocycles. The molecule has 140 valence electrons. The van der Waals surface area contributed by atoms with Crippen LogP contribution >= 0.6 is 0 Å². The van der Waals surface area contributed by atoms with Crippen LogP contribution in [0.25, 0.3) is 0 Å². The molecule has 2 aromatic rings. The van der Waals surface area contributed by atoms with Crippen molar-refractivity contribution in [2.75, 3.05) is 25.6 Å². The Morgan fingerprint density at radius 3 is 2.41 bits per heavy atom. The average Bonchev–Trinajstić information content (AvgIpc) is 2.73. The van der Waals surface area contributed by atoms with Crippen LogP contribution in [0.5, 0.6) is 5.75 Å². The SMILES string of the molecule is COc1ccc(NC(=O)C(OC(=O)C2=COCCO2)c2ccccc2)cc1. The lowest BCUT2D eigenvalue weighted by Gasteiger charge is -2.20. The number of amides is 1. The first-order valence-corrected chi connectivity index (χ1v) is 8.33. The lowest BCUT2D eigenvalue weighted by atomic mass is 10.1. The minimum atomic E-state index is -1.15. The maximum absolute atomic E-state index is 12.8. The standard InChI is InChI=1S/C20H19NO6/c1-24-16-9-7-15(8-10-16)21-19(22)18(14-5-3-2-4-6-14)27-20(23)17-13-25-11-12-26-17/h2-10,13,18H,11-12H2,1H3,(H,21,22). The van der Waals surface area contributed by atoms with Crippen LogP contribution in [-0.4, -0.2) is 32.2 Å². The van der Waals surface area contributed by atoms with E-state index in [1.54, 1.807) is 55.6 Å². The van der Waals surface area contributed by atoms with Crippen molar-refractivity contribution < 1.29 is 28.5 Å². The summed E-state index contributed by atoms with van der Waals surface area (Å²) >= 11 is 0. The van der Waals surface area contributed by atoms with Gasteiger partial charge in [0.05, 0.1) is 7.11 Å². The summed E-state index contributed by atoms with van der Waals surface area (Å²) in [6.07, 6.45) is 0.0437. The second-order valence-electron chi connectivity index (χ2n) is 5.62. The van der Waals surface area contributed by atoms with Crippen LogP contribution in [0.15, 0.2) is 66.6 Å². The highest BCUT2D eigenvalue weighted by Gasteiger charge is 2.28. The van der Waals surface area contributed by atoms with Crippen molar-refractivity contribution in [3.63, 3.8) is 0 Å². The number of carbonyl (C=O) groups is 2. The molecule has 1 aliphatic rings. The van der Waals surface area contributed by atoms with Gasteiger partial charge in [0.2, 0.25) is 11.9 Å². The first-order chi connectivity index (χ1) is 13.2. The fourth-order valence-electron chi connectivity index (χ4n) is 2.42. The molecule has 7 nitrogen and oxygen atoms in total. The number of carbonyl (C=O) groups excluding carboxylic acids is 2. The van der Waals surface area contributed by atoms with Gasteiger partial charge in [-0.3, -0.25) is 4.79 Å². The summed E-state index contributed by atoms with van der Waals surface area (Å²) in [6.45, 7) is 0.603. The van der Waals surface area contributed by atoms with E-state index >= 15 is 0 Å². The van der Waals surface area contributed by atoms with Crippen LogP contribution in [0.1, 0.15) is 11.7 Å². The molecule has 1 amide bonds. The predicted octanol–water partition coefficient (Wildman–Crippen LogP) is 2.81. The minimum Gasteiger partial charge on any atom is -0.497 e. The quantitative estimate of drug-likeness (QED) is 0.789. The molecular formula is C20H19NO6. The van der Waals surface area contributed by atoms with Gasteiger partial charge in [-0.15, -0.1) is 0 Å². The maximum atomic E-state index is 12.8. The second kappa shape index (κ2) is 8.75. The van der Waals surface area contributed by atoms with Crippen LogP contribution in [0.2, 0.25) is 0 Å². The molecule has 3 rings (SSSR count). The van der Waals surface area contributed by atoms with Gasteiger partial charge in [0.1, 0.15) is 25.2 Å².